The zero-order valence-electron chi connectivity index (χ0n) is 56.8. The van der Waals surface area contributed by atoms with Crippen LogP contribution in [0.25, 0.3) is 21.3 Å². The van der Waals surface area contributed by atoms with E-state index >= 15 is 4.79 Å². The van der Waals surface area contributed by atoms with Crippen LogP contribution in [0.2, 0.25) is 0 Å². The second-order valence-electron chi connectivity index (χ2n) is 26.7. The summed E-state index contributed by atoms with van der Waals surface area (Å²) in [5.74, 6) is 1.03. The lowest BCUT2D eigenvalue weighted by molar-refractivity contribution is -0.145. The molecule has 0 bridgehead atoms. The third-order valence-electron chi connectivity index (χ3n) is 19.6. The zero-order valence-corrected chi connectivity index (χ0v) is 58.6. The average molecular weight is 1450 g/mol. The number of hydrogen-bond acceptors (Lipinski definition) is 13. The number of β-amino-alcohol motifs (C(OH)–C–C–N with tert-alkyl or cyclic N) is 1. The first-order chi connectivity index (χ1) is 49.3. The van der Waals surface area contributed by atoms with E-state index < -0.39 is 115 Å². The Hall–Kier alpha value is -9.97. The highest BCUT2D eigenvalue weighted by Gasteiger charge is 2.51. The third kappa shape index (κ3) is 17.4. The molecule has 6 heterocycles. The molecule has 0 aliphatic carbocycles. The summed E-state index contributed by atoms with van der Waals surface area (Å²) in [4.78, 5) is 160. The number of amides is 9. The number of carbonyl (C=O) groups is 9. The maximum atomic E-state index is 15.1. The number of benzene rings is 5. The summed E-state index contributed by atoms with van der Waals surface area (Å²) in [5, 5.41) is 22.4. The normalized spacial score (nSPS) is 19.9. The topological polar surface area (TPSA) is 347 Å². The number of alkyl halides is 2. The molecule has 0 unspecified atom stereocenters. The molecule has 7 aromatic rings. The first kappa shape index (κ1) is 74.2. The molecule has 10 N–H and O–H groups in total. The van der Waals surface area contributed by atoms with Crippen molar-refractivity contribution in [2.45, 2.75) is 157 Å². The standard InChI is InChI=1S/C75H82F2N11O13PS/c1-45(48-26-28-51(29-27-48)67-46(2)79-44-103-67)80-71(95)63-41-56(89)42-87(63)74(98)62-20-13-14-37-86(62)72(96)52-24-22-47(23-25-52)15-7-3-4-12-21-65(91)85-38-36-55-31-34-61(70(94)82-58(33-35-64(78)90)68(92)84-66(49-16-8-5-9-17-49)50-18-10-6-11-19-50)88(55)73(97)60(43-85)83-69(93)59-40-53-39-54(30-32-57(53)81-59)75(76,77)102(99,100)101/h5-6,8-11,16-19,22-30,32,39-40,44-45,55-56,58,60-63,66,81,89H,3-4,12-14,20-21,31,33-38,41-43H2,1-2H3,(H2,78,90)(H,80,95)(H,82,94)(H,83,93)(H,84,92)(H2,99,100,101)/t45-,55+,56+,58-,60-,61-,62-,63-/m0/s1. The molecule has 540 valence electrons. The number of aromatic amines is 1. The molecule has 0 spiro atoms. The van der Waals surface area contributed by atoms with E-state index in [1.807, 2.05) is 98.8 Å². The van der Waals surface area contributed by atoms with Crippen molar-refractivity contribution in [1.82, 2.24) is 50.8 Å². The summed E-state index contributed by atoms with van der Waals surface area (Å²) >= 11 is 1.55. The van der Waals surface area contributed by atoms with Crippen molar-refractivity contribution in [3.63, 3.8) is 0 Å². The van der Waals surface area contributed by atoms with Gasteiger partial charge in [0.1, 0.15) is 35.9 Å². The molecule has 4 aliphatic rings. The number of rotatable bonds is 23. The van der Waals surface area contributed by atoms with Crippen molar-refractivity contribution >= 4 is 83.0 Å². The van der Waals surface area contributed by atoms with E-state index in [1.54, 1.807) is 46.0 Å². The number of carbonyl (C=O) groups excluding carboxylic acids is 9. The Kier molecular flexibility index (Phi) is 23.5. The van der Waals surface area contributed by atoms with E-state index in [0.717, 1.165) is 51.0 Å². The fraction of sp³-hybridized carbons (Fsp3) is 0.387. The number of nitrogens with two attached hydrogens (primary N) is 1. The first-order valence-electron chi connectivity index (χ1n) is 34.5. The molecule has 0 radical (unpaired) electrons. The van der Waals surface area contributed by atoms with Gasteiger partial charge in [0, 0.05) is 85.5 Å². The predicted octanol–water partition coefficient (Wildman–Crippen LogP) is 7.62. The number of likely N-dealkylation sites (tertiary alicyclic amines) is 2. The number of thiazole rings is 1. The van der Waals surface area contributed by atoms with E-state index in [2.05, 4.69) is 43.1 Å². The van der Waals surface area contributed by atoms with Crippen LogP contribution in [0.4, 0.5) is 8.78 Å². The van der Waals surface area contributed by atoms with Crippen molar-refractivity contribution in [3.8, 4) is 22.3 Å². The largest absolute Gasteiger partial charge is 0.399 e. The zero-order chi connectivity index (χ0) is 73.3. The minimum atomic E-state index is -5.96. The summed E-state index contributed by atoms with van der Waals surface area (Å²) in [7, 11) is -5.96. The maximum absolute atomic E-state index is 15.1. The third-order valence-corrected chi connectivity index (χ3v) is 21.6. The van der Waals surface area contributed by atoms with Crippen molar-refractivity contribution in [1.29, 1.82) is 0 Å². The molecule has 103 heavy (non-hydrogen) atoms. The van der Waals surface area contributed by atoms with Gasteiger partial charge in [0.15, 0.2) is 0 Å². The Labute approximate surface area is 597 Å². The molecule has 2 aromatic heterocycles. The van der Waals surface area contributed by atoms with Gasteiger partial charge >= 0.3 is 13.3 Å². The van der Waals surface area contributed by atoms with Gasteiger partial charge < -0.3 is 66.5 Å². The second kappa shape index (κ2) is 32.6. The molecule has 11 rings (SSSR count). The number of fused-ring (bicyclic) bond motifs is 2. The number of hydrogen-bond donors (Lipinski definition) is 9. The van der Waals surface area contributed by atoms with Gasteiger partial charge in [0.25, 0.3) is 11.8 Å². The smallest absolute Gasteiger partial charge is 0.391 e. The maximum Gasteiger partial charge on any atom is 0.399 e. The number of nitrogens with zero attached hydrogens (tertiary/aromatic N) is 5. The SMILES string of the molecule is Cc1ncsc1-c1ccc([C@H](C)NC(=O)[C@@H]2C[C@@H](O)CN2C(=O)[C@@H]2CCCCN2C(=O)c2ccc(C#CCCCCC(=O)N3CC[C@H]4CC[C@@H](C(=O)N[C@@H](CCC(N)=O)C(=O)NC(c5ccccc5)c5ccccc5)N4C(=O)[C@@H](NC(=O)c4cc5cc(C(F)(F)P(=O)(O)O)ccc5[nH]4)C3)cc2)cc1. The summed E-state index contributed by atoms with van der Waals surface area (Å²) in [5.41, 5.74) is 6.96. The Balaban J connectivity index is 0.723. The Morgan fingerprint density at radius 2 is 1.47 bits per heavy atom. The predicted molar refractivity (Wildman–Crippen MR) is 379 cm³/mol. The molecule has 24 nitrogen and oxygen atoms in total. The van der Waals surface area contributed by atoms with Crippen molar-refractivity contribution in [2.24, 2.45) is 5.73 Å². The molecule has 28 heteroatoms. The number of aliphatic hydroxyl groups is 1. The van der Waals surface area contributed by atoms with Gasteiger partial charge in [-0.25, -0.2) is 4.98 Å². The Bertz CT molecular complexity index is 4370. The van der Waals surface area contributed by atoms with Gasteiger partial charge in [-0.3, -0.25) is 47.7 Å². The van der Waals surface area contributed by atoms with Crippen LogP contribution in [0.1, 0.15) is 157 Å². The molecular weight excluding hydrogens is 1360 g/mol. The van der Waals surface area contributed by atoms with E-state index in [4.69, 9.17) is 5.73 Å². The molecule has 8 atom stereocenters. The lowest BCUT2D eigenvalue weighted by Gasteiger charge is -2.39. The highest BCUT2D eigenvalue weighted by atomic mass is 32.1. The van der Waals surface area contributed by atoms with Crippen molar-refractivity contribution in [3.05, 3.63) is 184 Å². The summed E-state index contributed by atoms with van der Waals surface area (Å²) < 4.78 is 41.4. The molecule has 4 saturated heterocycles. The minimum absolute atomic E-state index is 0.0126. The molecule has 9 amide bonds. The Morgan fingerprint density at radius 1 is 0.767 bits per heavy atom. The lowest BCUT2D eigenvalue weighted by atomic mass is 9.98. The number of aromatic nitrogens is 2. The van der Waals surface area contributed by atoms with Gasteiger partial charge in [-0.05, 0) is 136 Å². The highest BCUT2D eigenvalue weighted by molar-refractivity contribution is 7.52. The van der Waals surface area contributed by atoms with Crippen LogP contribution < -0.4 is 27.0 Å². The fourth-order valence-corrected chi connectivity index (χ4v) is 15.3. The van der Waals surface area contributed by atoms with E-state index in [1.165, 1.54) is 20.8 Å². The van der Waals surface area contributed by atoms with Crippen molar-refractivity contribution < 1.29 is 71.4 Å². The van der Waals surface area contributed by atoms with E-state index in [0.29, 0.717) is 56.2 Å². The van der Waals surface area contributed by atoms with Gasteiger partial charge in [-0.2, -0.15) is 8.78 Å². The number of aryl methyl sites for hydroxylation is 1. The second-order valence-corrected chi connectivity index (χ2v) is 29.2. The van der Waals surface area contributed by atoms with Crippen molar-refractivity contribution in [2.75, 3.05) is 26.2 Å². The monoisotopic (exact) mass is 1450 g/mol. The van der Waals surface area contributed by atoms with Crippen LogP contribution in [-0.4, -0.2) is 166 Å². The van der Waals surface area contributed by atoms with Crippen LogP contribution in [0.5, 0.6) is 0 Å². The molecule has 0 saturated carbocycles. The molecule has 5 aromatic carbocycles. The molecule has 4 aliphatic heterocycles. The van der Waals surface area contributed by atoms with Crippen LogP contribution in [0.3, 0.4) is 0 Å². The molecular formula is C75H82F2N11O13PS. The fourth-order valence-electron chi connectivity index (χ4n) is 14.0. The summed E-state index contributed by atoms with van der Waals surface area (Å²) in [6, 6.07) is 29.3. The number of nitrogens with one attached hydrogen (secondary N) is 5. The number of H-pyrrole nitrogens is 1. The number of piperidine rings is 1. The highest BCUT2D eigenvalue weighted by Crippen LogP contribution is 2.59. The lowest BCUT2D eigenvalue weighted by Crippen LogP contribution is -2.62. The average Bonchev–Trinajstić information content (AvgIpc) is 1.72. The van der Waals surface area contributed by atoms with Gasteiger partial charge in [0.05, 0.1) is 34.3 Å². The number of unbranched alkanes of at least 4 members (excludes halogenated alkanes) is 2. The Morgan fingerprint density at radius 3 is 2.14 bits per heavy atom. The number of halogens is 2. The van der Waals surface area contributed by atoms with Gasteiger partial charge in [-0.15, -0.1) is 11.3 Å². The van der Waals surface area contributed by atoms with Gasteiger partial charge in [-0.1, -0.05) is 103 Å². The summed E-state index contributed by atoms with van der Waals surface area (Å²) in [6.45, 7) is 3.83. The first-order valence-corrected chi connectivity index (χ1v) is 37.0. The quantitative estimate of drug-likeness (QED) is 0.0169. The van der Waals surface area contributed by atoms with Crippen LogP contribution in [0.15, 0.2) is 139 Å². The number of aliphatic hydroxyl groups excluding tert-OH is 1. The van der Waals surface area contributed by atoms with Crippen LogP contribution >= 0.6 is 18.9 Å². The van der Waals surface area contributed by atoms with Crippen LogP contribution in [-0.2, 0) is 43.8 Å². The molecule has 4 fully saturated rings. The number of primary amides is 1. The van der Waals surface area contributed by atoms with E-state index in [9.17, 15) is 66.6 Å². The summed E-state index contributed by atoms with van der Waals surface area (Å²) in [6.07, 6.45) is 2.34. The van der Waals surface area contributed by atoms with Gasteiger partial charge in [0.2, 0.25) is 41.4 Å². The van der Waals surface area contributed by atoms with E-state index in [-0.39, 0.29) is 93.0 Å². The minimum Gasteiger partial charge on any atom is -0.391 e. The van der Waals surface area contributed by atoms with Crippen LogP contribution in [0, 0.1) is 18.8 Å².